The minimum Gasteiger partial charge on any atom is -0.396 e. The van der Waals surface area contributed by atoms with Crippen LogP contribution in [0.2, 0.25) is 0 Å². The maximum Gasteiger partial charge on any atom is 0.172 e. The van der Waals surface area contributed by atoms with Gasteiger partial charge in [-0.3, -0.25) is 0 Å². The van der Waals surface area contributed by atoms with Crippen molar-refractivity contribution in [3.05, 3.63) is 24.3 Å². The number of hydrogen-bond acceptors (Lipinski definition) is 5. The molecule has 0 bridgehead atoms. The number of aromatic nitrogens is 2. The molecule has 1 aromatic carbocycles. The van der Waals surface area contributed by atoms with Gasteiger partial charge in [-0.2, -0.15) is 0 Å². The van der Waals surface area contributed by atoms with E-state index in [-0.39, 0.29) is 12.0 Å². The van der Waals surface area contributed by atoms with Crippen molar-refractivity contribution in [2.24, 2.45) is 5.41 Å². The summed E-state index contributed by atoms with van der Waals surface area (Å²) < 4.78 is 0. The summed E-state index contributed by atoms with van der Waals surface area (Å²) >= 11 is 0. The van der Waals surface area contributed by atoms with Crippen LogP contribution in [0, 0.1) is 5.41 Å². The van der Waals surface area contributed by atoms with Crippen LogP contribution in [0.4, 0.5) is 11.6 Å². The highest BCUT2D eigenvalue weighted by atomic mass is 16.3. The highest BCUT2D eigenvalue weighted by Gasteiger charge is 2.41. The Morgan fingerprint density at radius 1 is 1.04 bits per heavy atom. The second-order valence-electron chi connectivity index (χ2n) is 7.26. The third-order valence-electron chi connectivity index (χ3n) is 5.44. The number of hydrogen-bond donors (Lipinski definition) is 2. The molecule has 2 fully saturated rings. The number of aliphatic hydroxyl groups excluding tert-OH is 1. The van der Waals surface area contributed by atoms with E-state index in [1.807, 2.05) is 24.3 Å². The number of aliphatic hydroxyl groups is 1. The van der Waals surface area contributed by atoms with E-state index in [1.54, 1.807) is 0 Å². The van der Waals surface area contributed by atoms with Crippen molar-refractivity contribution >= 4 is 22.7 Å². The van der Waals surface area contributed by atoms with E-state index in [0.717, 1.165) is 48.7 Å². The number of nitrogens with zero attached hydrogens (tertiary/aromatic N) is 3. The minimum absolute atomic E-state index is 0.265. The van der Waals surface area contributed by atoms with Crippen molar-refractivity contribution in [1.29, 1.82) is 0 Å². The molecule has 0 unspecified atom stereocenters. The lowest BCUT2D eigenvalue weighted by Crippen LogP contribution is -2.31. The number of nitrogens with one attached hydrogen (secondary N) is 1. The zero-order valence-electron chi connectivity index (χ0n) is 14.2. The summed E-state index contributed by atoms with van der Waals surface area (Å²) in [6, 6.07) is 8.09. The predicted molar refractivity (Wildman–Crippen MR) is 97.5 cm³/mol. The molecule has 5 nitrogen and oxygen atoms in total. The summed E-state index contributed by atoms with van der Waals surface area (Å²) in [5.41, 5.74) is 2.16. The lowest BCUT2D eigenvalue weighted by molar-refractivity contribution is 0.253. The first kappa shape index (κ1) is 15.6. The molecule has 1 aromatic heterocycles. The SMILES string of the molecule is OCCC1(CNc2nc3ccccc3nc2N2CCCCC2)CC1. The Morgan fingerprint density at radius 3 is 2.42 bits per heavy atom. The van der Waals surface area contributed by atoms with Gasteiger partial charge in [0, 0.05) is 26.2 Å². The third kappa shape index (κ3) is 3.18. The zero-order valence-corrected chi connectivity index (χ0v) is 14.2. The number of piperidine rings is 1. The lowest BCUT2D eigenvalue weighted by atomic mass is 10.0. The molecule has 2 aliphatic rings. The molecule has 24 heavy (non-hydrogen) atoms. The normalized spacial score (nSPS) is 19.5. The Hall–Kier alpha value is -1.88. The maximum absolute atomic E-state index is 9.27. The topological polar surface area (TPSA) is 61.3 Å². The molecule has 4 rings (SSSR count). The molecule has 0 amide bonds. The fourth-order valence-corrected chi connectivity index (χ4v) is 3.64. The van der Waals surface area contributed by atoms with E-state index in [2.05, 4.69) is 10.2 Å². The summed E-state index contributed by atoms with van der Waals surface area (Å²) in [7, 11) is 0. The predicted octanol–water partition coefficient (Wildman–Crippen LogP) is 3.19. The first-order chi connectivity index (χ1) is 11.8. The second kappa shape index (κ2) is 6.55. The monoisotopic (exact) mass is 326 g/mol. The molecule has 2 aromatic rings. The number of benzene rings is 1. The van der Waals surface area contributed by atoms with Gasteiger partial charge in [-0.05, 0) is 56.1 Å². The van der Waals surface area contributed by atoms with Gasteiger partial charge < -0.3 is 15.3 Å². The van der Waals surface area contributed by atoms with Crippen LogP contribution < -0.4 is 10.2 Å². The lowest BCUT2D eigenvalue weighted by Gasteiger charge is -2.29. The van der Waals surface area contributed by atoms with E-state index in [1.165, 1.54) is 32.1 Å². The first-order valence-electron chi connectivity index (χ1n) is 9.16. The second-order valence-corrected chi connectivity index (χ2v) is 7.26. The van der Waals surface area contributed by atoms with Gasteiger partial charge in [0.15, 0.2) is 11.6 Å². The molecule has 1 aliphatic carbocycles. The van der Waals surface area contributed by atoms with Crippen molar-refractivity contribution in [2.45, 2.75) is 38.5 Å². The molecule has 1 aliphatic heterocycles. The standard InChI is InChI=1S/C19H26N4O/c24-13-10-19(8-9-19)14-20-17-18(23-11-4-1-5-12-23)22-16-7-3-2-6-15(16)21-17/h2-3,6-7,24H,1,4-5,8-14H2,(H,20,21). The van der Waals surface area contributed by atoms with Gasteiger partial charge in [-0.1, -0.05) is 12.1 Å². The van der Waals surface area contributed by atoms with Crippen LogP contribution in [-0.4, -0.2) is 41.3 Å². The Morgan fingerprint density at radius 2 is 1.75 bits per heavy atom. The van der Waals surface area contributed by atoms with Crippen LogP contribution in [0.3, 0.4) is 0 Å². The van der Waals surface area contributed by atoms with Crippen LogP contribution in [0.1, 0.15) is 38.5 Å². The van der Waals surface area contributed by atoms with Crippen molar-refractivity contribution in [3.63, 3.8) is 0 Å². The molecule has 0 atom stereocenters. The van der Waals surface area contributed by atoms with Gasteiger partial charge in [-0.15, -0.1) is 0 Å². The summed E-state index contributed by atoms with van der Waals surface area (Å²) in [6.45, 7) is 3.26. The van der Waals surface area contributed by atoms with Gasteiger partial charge in [0.1, 0.15) is 0 Å². The fourth-order valence-electron chi connectivity index (χ4n) is 3.64. The number of anilines is 2. The van der Waals surface area contributed by atoms with E-state index >= 15 is 0 Å². The summed E-state index contributed by atoms with van der Waals surface area (Å²) in [4.78, 5) is 12.2. The van der Waals surface area contributed by atoms with Crippen LogP contribution in [0.5, 0.6) is 0 Å². The fraction of sp³-hybridized carbons (Fsp3) is 0.579. The number of rotatable bonds is 6. The van der Waals surface area contributed by atoms with Gasteiger partial charge in [0.25, 0.3) is 0 Å². The van der Waals surface area contributed by atoms with Crippen LogP contribution in [0.15, 0.2) is 24.3 Å². The Balaban J connectivity index is 1.63. The van der Waals surface area contributed by atoms with Crippen molar-refractivity contribution in [3.8, 4) is 0 Å². The first-order valence-corrected chi connectivity index (χ1v) is 9.16. The van der Waals surface area contributed by atoms with E-state index in [9.17, 15) is 5.11 Å². The van der Waals surface area contributed by atoms with Gasteiger partial charge in [0.2, 0.25) is 0 Å². The summed E-state index contributed by atoms with van der Waals surface area (Å²) in [6.07, 6.45) is 7.02. The molecule has 128 valence electrons. The van der Waals surface area contributed by atoms with E-state index in [0.29, 0.717) is 0 Å². The smallest absolute Gasteiger partial charge is 0.172 e. The third-order valence-corrected chi connectivity index (χ3v) is 5.44. The average Bonchev–Trinajstić information content (AvgIpc) is 3.40. The van der Waals surface area contributed by atoms with Crippen LogP contribution in [-0.2, 0) is 0 Å². The minimum atomic E-state index is 0.265. The van der Waals surface area contributed by atoms with Crippen LogP contribution >= 0.6 is 0 Å². The molecule has 2 heterocycles. The molecule has 0 spiro atoms. The highest BCUT2D eigenvalue weighted by Crippen LogP contribution is 2.48. The summed E-state index contributed by atoms with van der Waals surface area (Å²) in [5.74, 6) is 1.90. The largest absolute Gasteiger partial charge is 0.396 e. The van der Waals surface area contributed by atoms with Crippen molar-refractivity contribution in [1.82, 2.24) is 9.97 Å². The Kier molecular flexibility index (Phi) is 4.27. The molecule has 1 saturated carbocycles. The van der Waals surface area contributed by atoms with Gasteiger partial charge >= 0.3 is 0 Å². The molecule has 5 heteroatoms. The van der Waals surface area contributed by atoms with Gasteiger partial charge in [0.05, 0.1) is 11.0 Å². The van der Waals surface area contributed by atoms with Gasteiger partial charge in [-0.25, -0.2) is 9.97 Å². The molecular weight excluding hydrogens is 300 g/mol. The number of fused-ring (bicyclic) bond motifs is 1. The van der Waals surface area contributed by atoms with Crippen molar-refractivity contribution in [2.75, 3.05) is 36.5 Å². The summed E-state index contributed by atoms with van der Waals surface area (Å²) in [5, 5.41) is 12.8. The quantitative estimate of drug-likeness (QED) is 0.853. The van der Waals surface area contributed by atoms with E-state index < -0.39 is 0 Å². The zero-order chi connectivity index (χ0) is 16.4. The van der Waals surface area contributed by atoms with Crippen LogP contribution in [0.25, 0.3) is 11.0 Å². The average molecular weight is 326 g/mol. The van der Waals surface area contributed by atoms with E-state index in [4.69, 9.17) is 9.97 Å². The van der Waals surface area contributed by atoms with Crippen molar-refractivity contribution < 1.29 is 5.11 Å². The Labute approximate surface area is 143 Å². The molecule has 2 N–H and O–H groups in total. The highest BCUT2D eigenvalue weighted by molar-refractivity contribution is 5.80. The molecule has 1 saturated heterocycles. The maximum atomic E-state index is 9.27. The Bertz CT molecular complexity index is 708. The number of para-hydroxylation sites is 2. The molecule has 0 radical (unpaired) electrons. The molecular formula is C19H26N4O.